The van der Waals surface area contributed by atoms with Crippen LogP contribution in [0.15, 0.2) is 41.2 Å². The first-order valence-electron chi connectivity index (χ1n) is 13.7. The highest BCUT2D eigenvalue weighted by molar-refractivity contribution is 5.88. The first kappa shape index (κ1) is 27.5. The van der Waals surface area contributed by atoms with Crippen LogP contribution < -0.4 is 5.56 Å². The summed E-state index contributed by atoms with van der Waals surface area (Å²) in [7, 11) is 0. The Kier molecular flexibility index (Phi) is 7.97. The number of benzene rings is 1. The Labute approximate surface area is 231 Å². The van der Waals surface area contributed by atoms with Gasteiger partial charge in [-0.1, -0.05) is 32.0 Å². The highest BCUT2D eigenvalue weighted by Gasteiger charge is 2.50. The summed E-state index contributed by atoms with van der Waals surface area (Å²) in [6, 6.07) is 11.5. The van der Waals surface area contributed by atoms with E-state index in [4.69, 9.17) is 23.9 Å². The zero-order chi connectivity index (χ0) is 28.3. The average Bonchev–Trinajstić information content (AvgIpc) is 3.31. The van der Waals surface area contributed by atoms with Crippen LogP contribution in [0.4, 0.5) is 0 Å². The molecule has 0 aliphatic carbocycles. The highest BCUT2D eigenvalue weighted by Crippen LogP contribution is 2.41. The van der Waals surface area contributed by atoms with E-state index in [1.54, 1.807) is 17.6 Å². The maximum Gasteiger partial charge on any atom is 0.355 e. The van der Waals surface area contributed by atoms with Gasteiger partial charge in [0.05, 0.1) is 35.6 Å². The summed E-state index contributed by atoms with van der Waals surface area (Å²) in [4.78, 5) is 56.4. The van der Waals surface area contributed by atoms with Crippen LogP contribution in [-0.4, -0.2) is 47.3 Å². The molecular weight excluding hydrogens is 516 g/mol. The standard InChI is InChI=1S/C30H32N2O8/c1-3-12-37-13-14-38-25(33)10-7-11-26(34)40-30(4-2)22-16-24-27-20(15-19-8-5-6-9-23(19)31-27)17-32(24)28(35)21(22)18-39-29(30)36/h5-6,8-9,15-16H,3-4,7,10-14,17-18H2,1-2H3/t30-/m0/s1. The maximum absolute atomic E-state index is 13.6. The second-order valence-corrected chi connectivity index (χ2v) is 9.92. The number of fused-ring (bicyclic) bond motifs is 5. The highest BCUT2D eigenvalue weighted by atomic mass is 16.6. The van der Waals surface area contributed by atoms with Gasteiger partial charge in [-0.25, -0.2) is 9.78 Å². The number of hydrogen-bond donors (Lipinski definition) is 0. The minimum atomic E-state index is -1.77. The quantitative estimate of drug-likeness (QED) is 0.157. The minimum Gasteiger partial charge on any atom is -0.463 e. The minimum absolute atomic E-state index is 0.0221. The third kappa shape index (κ3) is 5.11. The largest absolute Gasteiger partial charge is 0.463 e. The zero-order valence-corrected chi connectivity index (χ0v) is 22.7. The molecule has 0 fully saturated rings. The van der Waals surface area contributed by atoms with Crippen LogP contribution in [0.2, 0.25) is 0 Å². The number of pyridine rings is 2. The molecule has 0 N–H and O–H groups in total. The molecular formula is C30H32N2O8. The van der Waals surface area contributed by atoms with E-state index in [0.29, 0.717) is 36.7 Å². The van der Waals surface area contributed by atoms with Crippen molar-refractivity contribution in [2.45, 2.75) is 64.7 Å². The van der Waals surface area contributed by atoms with E-state index in [-0.39, 0.29) is 50.0 Å². The van der Waals surface area contributed by atoms with E-state index in [1.165, 1.54) is 0 Å². The number of hydrogen-bond acceptors (Lipinski definition) is 9. The number of esters is 3. The average molecular weight is 549 g/mol. The van der Waals surface area contributed by atoms with Crippen LogP contribution in [0.5, 0.6) is 0 Å². The van der Waals surface area contributed by atoms with Crippen molar-refractivity contribution < 1.29 is 33.3 Å². The van der Waals surface area contributed by atoms with Crippen molar-refractivity contribution in [3.8, 4) is 11.4 Å². The number of carbonyl (C=O) groups is 3. The fraction of sp³-hybridized carbons (Fsp3) is 0.433. The van der Waals surface area contributed by atoms with E-state index in [9.17, 15) is 19.2 Å². The zero-order valence-electron chi connectivity index (χ0n) is 22.7. The number of aromatic nitrogens is 2. The number of ether oxygens (including phenoxy) is 4. The number of carbonyl (C=O) groups excluding carboxylic acids is 3. The molecule has 210 valence electrons. The molecule has 1 atom stereocenters. The Bertz CT molecular complexity index is 1530. The molecule has 4 heterocycles. The second kappa shape index (κ2) is 11.6. The lowest BCUT2D eigenvalue weighted by atomic mass is 9.85. The lowest BCUT2D eigenvalue weighted by molar-refractivity contribution is -0.189. The van der Waals surface area contributed by atoms with Gasteiger partial charge in [0.1, 0.15) is 13.2 Å². The van der Waals surface area contributed by atoms with Crippen molar-refractivity contribution in [1.29, 1.82) is 0 Å². The normalized spacial score (nSPS) is 17.1. The lowest BCUT2D eigenvalue weighted by Crippen LogP contribution is -2.47. The van der Waals surface area contributed by atoms with E-state index >= 15 is 0 Å². The van der Waals surface area contributed by atoms with Crippen molar-refractivity contribution in [1.82, 2.24) is 9.55 Å². The fourth-order valence-electron chi connectivity index (χ4n) is 5.24. The molecule has 0 radical (unpaired) electrons. The predicted molar refractivity (Wildman–Crippen MR) is 144 cm³/mol. The predicted octanol–water partition coefficient (Wildman–Crippen LogP) is 3.77. The topological polar surface area (TPSA) is 123 Å². The van der Waals surface area contributed by atoms with Crippen LogP contribution in [0.1, 0.15) is 62.6 Å². The Morgan fingerprint density at radius 3 is 2.65 bits per heavy atom. The molecule has 2 aliphatic rings. The summed E-state index contributed by atoms with van der Waals surface area (Å²) < 4.78 is 23.2. The van der Waals surface area contributed by atoms with Crippen molar-refractivity contribution in [3.63, 3.8) is 0 Å². The number of para-hydroxylation sites is 1. The molecule has 0 unspecified atom stereocenters. The Morgan fingerprint density at radius 1 is 1.05 bits per heavy atom. The molecule has 5 rings (SSSR count). The molecule has 40 heavy (non-hydrogen) atoms. The summed E-state index contributed by atoms with van der Waals surface area (Å²) >= 11 is 0. The monoisotopic (exact) mass is 548 g/mol. The van der Waals surface area contributed by atoms with Gasteiger partial charge >= 0.3 is 17.9 Å². The molecule has 0 saturated carbocycles. The van der Waals surface area contributed by atoms with Gasteiger partial charge in [-0.15, -0.1) is 0 Å². The number of nitrogens with zero attached hydrogens (tertiary/aromatic N) is 2. The van der Waals surface area contributed by atoms with Gasteiger partial charge in [0.25, 0.3) is 5.56 Å². The van der Waals surface area contributed by atoms with Gasteiger partial charge in [-0.2, -0.15) is 0 Å². The van der Waals surface area contributed by atoms with Crippen LogP contribution in [0, 0.1) is 0 Å². The molecule has 10 nitrogen and oxygen atoms in total. The molecule has 2 aliphatic heterocycles. The van der Waals surface area contributed by atoms with E-state index in [0.717, 1.165) is 22.9 Å². The lowest BCUT2D eigenvalue weighted by Gasteiger charge is -2.35. The van der Waals surface area contributed by atoms with E-state index < -0.39 is 23.5 Å². The van der Waals surface area contributed by atoms with Gasteiger partial charge in [0.2, 0.25) is 5.60 Å². The van der Waals surface area contributed by atoms with Crippen molar-refractivity contribution in [2.24, 2.45) is 0 Å². The summed E-state index contributed by atoms with van der Waals surface area (Å²) in [6.45, 7) is 4.91. The third-order valence-corrected chi connectivity index (χ3v) is 7.27. The fourth-order valence-corrected chi connectivity index (χ4v) is 5.24. The Balaban J connectivity index is 1.36. The van der Waals surface area contributed by atoms with E-state index in [1.807, 2.05) is 37.3 Å². The van der Waals surface area contributed by atoms with Crippen molar-refractivity contribution in [3.05, 3.63) is 63.4 Å². The molecule has 2 aromatic heterocycles. The van der Waals surface area contributed by atoms with Crippen molar-refractivity contribution in [2.75, 3.05) is 19.8 Å². The summed E-state index contributed by atoms with van der Waals surface area (Å²) in [5.41, 5.74) is 1.45. The first-order chi connectivity index (χ1) is 19.4. The summed E-state index contributed by atoms with van der Waals surface area (Å²) in [5, 5.41) is 0.968. The van der Waals surface area contributed by atoms with Gasteiger partial charge in [0.15, 0.2) is 0 Å². The Morgan fingerprint density at radius 2 is 1.85 bits per heavy atom. The van der Waals surface area contributed by atoms with Crippen LogP contribution in [-0.2, 0) is 52.1 Å². The van der Waals surface area contributed by atoms with Gasteiger partial charge in [-0.3, -0.25) is 14.4 Å². The smallest absolute Gasteiger partial charge is 0.355 e. The summed E-state index contributed by atoms with van der Waals surface area (Å²) in [6.07, 6.45) is 1.06. The third-order valence-electron chi connectivity index (χ3n) is 7.27. The molecule has 0 saturated heterocycles. The molecule has 0 bridgehead atoms. The van der Waals surface area contributed by atoms with Crippen LogP contribution in [0.3, 0.4) is 0 Å². The van der Waals surface area contributed by atoms with Crippen LogP contribution >= 0.6 is 0 Å². The number of rotatable bonds is 11. The van der Waals surface area contributed by atoms with Crippen molar-refractivity contribution >= 4 is 28.8 Å². The maximum atomic E-state index is 13.6. The molecule has 1 aromatic carbocycles. The second-order valence-electron chi connectivity index (χ2n) is 9.92. The number of cyclic esters (lactones) is 1. The SMILES string of the molecule is CCCOCCOC(=O)CCCC(=O)O[C@]1(CC)C(=O)OCc2c1cc1n(c2=O)Cc2cc3ccccc3nc2-1. The summed E-state index contributed by atoms with van der Waals surface area (Å²) in [5.74, 6) is -1.84. The van der Waals surface area contributed by atoms with E-state index in [2.05, 4.69) is 0 Å². The molecule has 0 amide bonds. The van der Waals surface area contributed by atoms with Gasteiger partial charge < -0.3 is 23.5 Å². The molecule has 3 aromatic rings. The molecule has 10 heteroatoms. The Hall–Kier alpha value is -4.05. The first-order valence-corrected chi connectivity index (χ1v) is 13.7. The van der Waals surface area contributed by atoms with Gasteiger partial charge in [-0.05, 0) is 37.5 Å². The van der Waals surface area contributed by atoms with Gasteiger partial charge in [0, 0.05) is 36.0 Å². The van der Waals surface area contributed by atoms with Crippen LogP contribution in [0.25, 0.3) is 22.3 Å². The molecule has 0 spiro atoms.